The van der Waals surface area contributed by atoms with E-state index in [1.54, 1.807) is 28.8 Å². The van der Waals surface area contributed by atoms with Crippen LogP contribution in [0.15, 0.2) is 72.8 Å². The topological polar surface area (TPSA) is 183 Å². The molecule has 15 nitrogen and oxygen atoms in total. The predicted molar refractivity (Wildman–Crippen MR) is 174 cm³/mol. The zero-order valence-corrected chi connectivity index (χ0v) is 27.1. The van der Waals surface area contributed by atoms with Gasteiger partial charge in [0.15, 0.2) is 10.8 Å². The van der Waals surface area contributed by atoms with Crippen LogP contribution in [-0.4, -0.2) is 59.5 Å². The first-order chi connectivity index (χ1) is 23.7. The Morgan fingerprint density at radius 3 is 2.47 bits per heavy atom. The van der Waals surface area contributed by atoms with Crippen molar-refractivity contribution in [1.29, 1.82) is 0 Å². The van der Waals surface area contributed by atoms with E-state index in [1.807, 2.05) is 49.4 Å². The minimum absolute atomic E-state index is 0.00707. The normalized spacial score (nSPS) is 11.5. The second-order valence-corrected chi connectivity index (χ2v) is 11.0. The highest BCUT2D eigenvalue weighted by molar-refractivity contribution is 6.32. The highest BCUT2D eigenvalue weighted by atomic mass is 35.5. The third kappa shape index (κ3) is 8.13. The number of esters is 1. The van der Waals surface area contributed by atoms with Crippen molar-refractivity contribution in [2.45, 2.75) is 52.6 Å². The van der Waals surface area contributed by atoms with Gasteiger partial charge in [0.25, 0.3) is 17.5 Å². The summed E-state index contributed by atoms with van der Waals surface area (Å²) in [6.07, 6.45) is 1.22. The lowest BCUT2D eigenvalue weighted by Crippen LogP contribution is -2.21. The van der Waals surface area contributed by atoms with Crippen molar-refractivity contribution in [3.8, 4) is 22.5 Å². The number of unbranched alkanes of at least 4 members (excludes halogenated alkanes) is 1. The van der Waals surface area contributed by atoms with Gasteiger partial charge in [0.1, 0.15) is 12.4 Å². The fraction of sp³-hybridized carbons (Fsp3) is 0.242. The van der Waals surface area contributed by atoms with Gasteiger partial charge < -0.3 is 18.9 Å². The van der Waals surface area contributed by atoms with Gasteiger partial charge in [-0.25, -0.2) is 9.78 Å². The Labute approximate surface area is 284 Å². The van der Waals surface area contributed by atoms with Crippen LogP contribution in [0.2, 0.25) is 5.15 Å². The lowest BCUT2D eigenvalue weighted by atomic mass is 9.98. The summed E-state index contributed by atoms with van der Waals surface area (Å²) in [5, 5.41) is 22.1. The Morgan fingerprint density at radius 2 is 1.76 bits per heavy atom. The summed E-state index contributed by atoms with van der Waals surface area (Å²) in [7, 11) is 0. The van der Waals surface area contributed by atoms with Crippen molar-refractivity contribution in [1.82, 2.24) is 29.8 Å². The zero-order chi connectivity index (χ0) is 34.9. The summed E-state index contributed by atoms with van der Waals surface area (Å²) in [5.41, 5.74) is 3.52. The summed E-state index contributed by atoms with van der Waals surface area (Å²) in [4.78, 5) is 57.4. The van der Waals surface area contributed by atoms with E-state index in [9.17, 15) is 24.5 Å². The highest BCUT2D eigenvalue weighted by Crippen LogP contribution is 2.31. The Hall–Kier alpha value is -5.96. The van der Waals surface area contributed by atoms with Gasteiger partial charge >= 0.3 is 5.97 Å². The number of nitrogens with zero attached hydrogens (tertiary/aromatic N) is 7. The molecule has 0 amide bonds. The molecule has 0 saturated heterocycles. The monoisotopic (exact) mass is 687 g/mol. The zero-order valence-electron chi connectivity index (χ0n) is 26.4. The van der Waals surface area contributed by atoms with Gasteiger partial charge in [-0.15, -0.1) is 20.3 Å². The summed E-state index contributed by atoms with van der Waals surface area (Å²) >= 11 is 6.41. The van der Waals surface area contributed by atoms with Crippen molar-refractivity contribution in [3.63, 3.8) is 0 Å². The van der Waals surface area contributed by atoms with E-state index in [0.717, 1.165) is 34.3 Å². The fourth-order valence-electron chi connectivity index (χ4n) is 5.07. The molecule has 0 N–H and O–H groups in total. The third-order valence-corrected chi connectivity index (χ3v) is 7.68. The molecule has 0 aliphatic carbocycles. The summed E-state index contributed by atoms with van der Waals surface area (Å²) in [6.45, 7) is 3.51. The number of carbonyl (C=O) groups excluding carboxylic acids is 3. The first-order valence-electron chi connectivity index (χ1n) is 15.1. The SMILES string of the molecule is CCCCc1nc(Cl)c(C(=O)OC(C)OC=O)n1Cc1ccc(-c2ccccc2-c2nnn(C(=O)c3ccccc3CO[N+](=O)[O-])n2)cc1. The van der Waals surface area contributed by atoms with E-state index in [0.29, 0.717) is 23.4 Å². The number of halogens is 1. The lowest BCUT2D eigenvalue weighted by molar-refractivity contribution is -0.763. The Bertz CT molecular complexity index is 1980. The van der Waals surface area contributed by atoms with Crippen LogP contribution in [0.1, 0.15) is 64.5 Å². The van der Waals surface area contributed by atoms with Gasteiger partial charge in [0.2, 0.25) is 12.1 Å². The molecular weight excluding hydrogens is 658 g/mol. The molecule has 2 aromatic heterocycles. The second-order valence-electron chi connectivity index (χ2n) is 10.7. The number of tetrazole rings is 1. The van der Waals surface area contributed by atoms with Crippen molar-refractivity contribution in [2.24, 2.45) is 0 Å². The molecule has 0 aliphatic rings. The number of carbonyl (C=O) groups is 3. The molecule has 252 valence electrons. The number of rotatable bonds is 15. The quantitative estimate of drug-likeness (QED) is 0.0454. The predicted octanol–water partition coefficient (Wildman–Crippen LogP) is 5.32. The van der Waals surface area contributed by atoms with Crippen LogP contribution in [0.5, 0.6) is 0 Å². The molecule has 0 spiro atoms. The summed E-state index contributed by atoms with van der Waals surface area (Å²) < 4.78 is 11.7. The van der Waals surface area contributed by atoms with Crippen molar-refractivity contribution in [2.75, 3.05) is 0 Å². The van der Waals surface area contributed by atoms with Crippen LogP contribution < -0.4 is 0 Å². The largest absolute Gasteiger partial charge is 0.428 e. The Morgan fingerprint density at radius 1 is 1.04 bits per heavy atom. The van der Waals surface area contributed by atoms with Gasteiger partial charge in [-0.3, -0.25) is 9.59 Å². The molecule has 0 fully saturated rings. The Balaban J connectivity index is 1.40. The number of hydrogen-bond acceptors (Lipinski definition) is 12. The molecule has 49 heavy (non-hydrogen) atoms. The number of aryl methyl sites for hydroxylation is 1. The van der Waals surface area contributed by atoms with Gasteiger partial charge in [-0.1, -0.05) is 96.5 Å². The maximum Gasteiger partial charge on any atom is 0.361 e. The van der Waals surface area contributed by atoms with Gasteiger partial charge in [0, 0.05) is 31.0 Å². The van der Waals surface area contributed by atoms with Crippen LogP contribution in [0.25, 0.3) is 22.5 Å². The third-order valence-electron chi connectivity index (χ3n) is 7.41. The lowest BCUT2D eigenvalue weighted by Gasteiger charge is -2.15. The van der Waals surface area contributed by atoms with E-state index in [2.05, 4.69) is 25.2 Å². The van der Waals surface area contributed by atoms with E-state index in [4.69, 9.17) is 21.1 Å². The molecule has 5 aromatic rings. The first-order valence-corrected chi connectivity index (χ1v) is 15.5. The molecule has 0 aliphatic heterocycles. The van der Waals surface area contributed by atoms with E-state index < -0.39 is 29.9 Å². The molecule has 5 rings (SSSR count). The molecular formula is C33H30ClN7O8. The molecule has 0 radical (unpaired) electrons. The van der Waals surface area contributed by atoms with Crippen LogP contribution in [0.4, 0.5) is 0 Å². The van der Waals surface area contributed by atoms with Crippen molar-refractivity contribution in [3.05, 3.63) is 116 Å². The minimum Gasteiger partial charge on any atom is -0.428 e. The maximum atomic E-state index is 13.2. The Kier molecular flexibility index (Phi) is 11.1. The first kappa shape index (κ1) is 34.4. The molecule has 3 aromatic carbocycles. The fourth-order valence-corrected chi connectivity index (χ4v) is 5.34. The molecule has 0 bridgehead atoms. The average molecular weight is 688 g/mol. The molecule has 1 unspecified atom stereocenters. The van der Waals surface area contributed by atoms with Crippen LogP contribution in [-0.2, 0) is 38.7 Å². The average Bonchev–Trinajstić information content (AvgIpc) is 3.71. The van der Waals surface area contributed by atoms with Crippen molar-refractivity contribution < 1.29 is 33.8 Å². The number of hydrogen-bond donors (Lipinski definition) is 0. The maximum absolute atomic E-state index is 13.2. The highest BCUT2D eigenvalue weighted by Gasteiger charge is 2.25. The molecule has 2 heterocycles. The van der Waals surface area contributed by atoms with Crippen LogP contribution >= 0.6 is 11.6 Å². The number of aromatic nitrogens is 6. The van der Waals surface area contributed by atoms with Crippen LogP contribution in [0, 0.1) is 10.1 Å². The van der Waals surface area contributed by atoms with Crippen LogP contribution in [0.3, 0.4) is 0 Å². The van der Waals surface area contributed by atoms with E-state index in [-0.39, 0.29) is 35.3 Å². The number of ether oxygens (including phenoxy) is 2. The van der Waals surface area contributed by atoms with Gasteiger partial charge in [0.05, 0.1) is 0 Å². The van der Waals surface area contributed by atoms with Crippen molar-refractivity contribution >= 4 is 29.9 Å². The number of imidazole rings is 1. The van der Waals surface area contributed by atoms with E-state index in [1.165, 1.54) is 13.0 Å². The van der Waals surface area contributed by atoms with Gasteiger partial charge in [-0.2, -0.15) is 0 Å². The standard InChI is InChI=1S/C33H30ClN7O8/c1-3-4-13-28-35-30(34)29(33(44)49-21(2)47-20-42)39(28)18-22-14-16-23(17-15-22)25-10-7-8-12-27(25)31-36-38-40(37-31)32(43)26-11-6-5-9-24(26)19-48-41(45)46/h5-12,14-17,20-21H,3-4,13,18-19H2,1-2H3. The molecule has 1 atom stereocenters. The molecule has 0 saturated carbocycles. The number of benzene rings is 3. The summed E-state index contributed by atoms with van der Waals surface area (Å²) in [6, 6.07) is 21.2. The van der Waals surface area contributed by atoms with Gasteiger partial charge in [-0.05, 0) is 40.0 Å². The second kappa shape index (κ2) is 15.8. The van der Waals surface area contributed by atoms with E-state index >= 15 is 0 Å². The smallest absolute Gasteiger partial charge is 0.361 e. The minimum atomic E-state index is -1.11. The summed E-state index contributed by atoms with van der Waals surface area (Å²) in [5.74, 6) is -0.590. The molecule has 16 heteroatoms.